The zero-order valence-corrected chi connectivity index (χ0v) is 9.96. The topological polar surface area (TPSA) is 18.5 Å². The Labute approximate surface area is 96.4 Å². The van der Waals surface area contributed by atoms with E-state index in [1.807, 2.05) is 6.92 Å². The highest BCUT2D eigenvalue weighted by atomic mass is 19.1. The van der Waals surface area contributed by atoms with Crippen molar-refractivity contribution in [1.82, 2.24) is 0 Å². The standard InChI is InChI=1S/C13H19FO2/c1-3-4-7-15-8-9-16-13-10-11(2)5-6-12(13)14/h5-6,10H,3-4,7-9H2,1-2H3. The van der Waals surface area contributed by atoms with Crippen molar-refractivity contribution in [2.75, 3.05) is 19.8 Å². The van der Waals surface area contributed by atoms with Gasteiger partial charge >= 0.3 is 0 Å². The summed E-state index contributed by atoms with van der Waals surface area (Å²) in [6.45, 7) is 5.67. The van der Waals surface area contributed by atoms with Crippen molar-refractivity contribution in [1.29, 1.82) is 0 Å². The van der Waals surface area contributed by atoms with Crippen LogP contribution in [0.1, 0.15) is 25.3 Å². The monoisotopic (exact) mass is 226 g/mol. The van der Waals surface area contributed by atoms with Gasteiger partial charge in [-0.15, -0.1) is 0 Å². The van der Waals surface area contributed by atoms with Crippen molar-refractivity contribution in [3.63, 3.8) is 0 Å². The van der Waals surface area contributed by atoms with Gasteiger partial charge in [-0.25, -0.2) is 4.39 Å². The predicted molar refractivity (Wildman–Crippen MR) is 62.4 cm³/mol. The largest absolute Gasteiger partial charge is 0.488 e. The molecule has 0 saturated heterocycles. The van der Waals surface area contributed by atoms with E-state index < -0.39 is 0 Å². The minimum atomic E-state index is -0.320. The molecule has 16 heavy (non-hydrogen) atoms. The normalized spacial score (nSPS) is 10.4. The first-order valence-electron chi connectivity index (χ1n) is 5.70. The highest BCUT2D eigenvalue weighted by Gasteiger charge is 2.02. The highest BCUT2D eigenvalue weighted by molar-refractivity contribution is 5.29. The maximum atomic E-state index is 13.2. The van der Waals surface area contributed by atoms with Crippen LogP contribution in [-0.2, 0) is 4.74 Å². The molecule has 0 saturated carbocycles. The van der Waals surface area contributed by atoms with Crippen LogP contribution in [0.15, 0.2) is 18.2 Å². The lowest BCUT2D eigenvalue weighted by Crippen LogP contribution is -2.08. The molecule has 0 radical (unpaired) electrons. The molecule has 0 unspecified atom stereocenters. The van der Waals surface area contributed by atoms with Crippen LogP contribution >= 0.6 is 0 Å². The number of rotatable bonds is 7. The molecular weight excluding hydrogens is 207 g/mol. The zero-order chi connectivity index (χ0) is 11.8. The summed E-state index contributed by atoms with van der Waals surface area (Å²) in [4.78, 5) is 0. The molecule has 0 fully saturated rings. The van der Waals surface area contributed by atoms with E-state index in [-0.39, 0.29) is 5.82 Å². The molecule has 0 aromatic heterocycles. The molecule has 0 aliphatic carbocycles. The molecule has 0 aliphatic rings. The number of benzene rings is 1. The Hall–Kier alpha value is -1.09. The molecule has 0 bridgehead atoms. The molecule has 2 nitrogen and oxygen atoms in total. The van der Waals surface area contributed by atoms with Crippen LogP contribution < -0.4 is 4.74 Å². The Morgan fingerprint density at radius 1 is 1.19 bits per heavy atom. The molecule has 0 spiro atoms. The summed E-state index contributed by atoms with van der Waals surface area (Å²) < 4.78 is 23.8. The lowest BCUT2D eigenvalue weighted by atomic mass is 10.2. The third-order valence-electron chi connectivity index (χ3n) is 2.21. The maximum Gasteiger partial charge on any atom is 0.165 e. The summed E-state index contributed by atoms with van der Waals surface area (Å²) in [5, 5.41) is 0. The lowest BCUT2D eigenvalue weighted by molar-refractivity contribution is 0.0966. The van der Waals surface area contributed by atoms with E-state index in [4.69, 9.17) is 9.47 Å². The molecule has 1 aromatic rings. The van der Waals surface area contributed by atoms with Crippen molar-refractivity contribution in [3.8, 4) is 5.75 Å². The van der Waals surface area contributed by atoms with Gasteiger partial charge in [-0.1, -0.05) is 19.4 Å². The van der Waals surface area contributed by atoms with Gasteiger partial charge in [0.05, 0.1) is 6.61 Å². The van der Waals surface area contributed by atoms with Crippen molar-refractivity contribution in [2.24, 2.45) is 0 Å². The smallest absolute Gasteiger partial charge is 0.165 e. The fourth-order valence-corrected chi connectivity index (χ4v) is 1.28. The average Bonchev–Trinajstić information content (AvgIpc) is 2.28. The van der Waals surface area contributed by atoms with E-state index >= 15 is 0 Å². The second-order valence-corrected chi connectivity index (χ2v) is 3.75. The van der Waals surface area contributed by atoms with E-state index in [2.05, 4.69) is 6.92 Å². The van der Waals surface area contributed by atoms with Gasteiger partial charge in [-0.2, -0.15) is 0 Å². The number of halogens is 1. The predicted octanol–water partition coefficient (Wildman–Crippen LogP) is 3.33. The molecule has 90 valence electrons. The first-order valence-corrected chi connectivity index (χ1v) is 5.70. The molecule has 1 aromatic carbocycles. The first kappa shape index (κ1) is 13.0. The van der Waals surface area contributed by atoms with E-state index in [0.717, 1.165) is 25.0 Å². The summed E-state index contributed by atoms with van der Waals surface area (Å²) in [6.07, 6.45) is 2.17. The number of aryl methyl sites for hydroxylation is 1. The van der Waals surface area contributed by atoms with Gasteiger partial charge in [0.2, 0.25) is 0 Å². The molecule has 0 amide bonds. The molecule has 0 heterocycles. The van der Waals surface area contributed by atoms with Crippen LogP contribution in [0.4, 0.5) is 4.39 Å². The fourth-order valence-electron chi connectivity index (χ4n) is 1.28. The highest BCUT2D eigenvalue weighted by Crippen LogP contribution is 2.17. The van der Waals surface area contributed by atoms with Crippen molar-refractivity contribution in [2.45, 2.75) is 26.7 Å². The quantitative estimate of drug-likeness (QED) is 0.664. The zero-order valence-electron chi connectivity index (χ0n) is 9.96. The minimum Gasteiger partial charge on any atom is -0.488 e. The number of ether oxygens (including phenoxy) is 2. The SMILES string of the molecule is CCCCOCCOc1cc(C)ccc1F. The molecule has 1 rings (SSSR count). The van der Waals surface area contributed by atoms with Crippen LogP contribution in [0.5, 0.6) is 5.75 Å². The Balaban J connectivity index is 2.23. The molecule has 0 N–H and O–H groups in total. The third-order valence-corrected chi connectivity index (χ3v) is 2.21. The van der Waals surface area contributed by atoms with E-state index in [9.17, 15) is 4.39 Å². The molecule has 3 heteroatoms. The summed E-state index contributed by atoms with van der Waals surface area (Å²) in [6, 6.07) is 4.84. The van der Waals surface area contributed by atoms with Gasteiger partial charge in [0.1, 0.15) is 6.61 Å². The van der Waals surface area contributed by atoms with Gasteiger partial charge < -0.3 is 9.47 Å². The van der Waals surface area contributed by atoms with Crippen LogP contribution in [0, 0.1) is 12.7 Å². The molecule has 0 atom stereocenters. The second kappa shape index (κ2) is 7.23. The van der Waals surface area contributed by atoms with Crippen molar-refractivity contribution in [3.05, 3.63) is 29.6 Å². The Morgan fingerprint density at radius 2 is 2.00 bits per heavy atom. The van der Waals surface area contributed by atoms with Crippen molar-refractivity contribution < 1.29 is 13.9 Å². The summed E-state index contributed by atoms with van der Waals surface area (Å²) in [5.41, 5.74) is 0.989. The van der Waals surface area contributed by atoms with Crippen LogP contribution in [0.25, 0.3) is 0 Å². The molecule has 0 aliphatic heterocycles. The number of hydrogen-bond acceptors (Lipinski definition) is 2. The maximum absolute atomic E-state index is 13.2. The second-order valence-electron chi connectivity index (χ2n) is 3.75. The number of hydrogen-bond donors (Lipinski definition) is 0. The van der Waals surface area contributed by atoms with Crippen LogP contribution in [0.2, 0.25) is 0 Å². The summed E-state index contributed by atoms with van der Waals surface area (Å²) >= 11 is 0. The van der Waals surface area contributed by atoms with Gasteiger partial charge in [0.25, 0.3) is 0 Å². The Bertz CT molecular complexity index is 313. The summed E-state index contributed by atoms with van der Waals surface area (Å²) in [7, 11) is 0. The van der Waals surface area contributed by atoms with Crippen LogP contribution in [0.3, 0.4) is 0 Å². The lowest BCUT2D eigenvalue weighted by Gasteiger charge is -2.08. The Morgan fingerprint density at radius 3 is 2.75 bits per heavy atom. The van der Waals surface area contributed by atoms with Crippen molar-refractivity contribution >= 4 is 0 Å². The Kier molecular flexibility index (Phi) is 5.86. The molecular formula is C13H19FO2. The van der Waals surface area contributed by atoms with E-state index in [1.54, 1.807) is 12.1 Å². The van der Waals surface area contributed by atoms with Gasteiger partial charge in [0, 0.05) is 6.61 Å². The number of unbranched alkanes of at least 4 members (excludes halogenated alkanes) is 1. The third kappa shape index (κ3) is 4.62. The average molecular weight is 226 g/mol. The van der Waals surface area contributed by atoms with Gasteiger partial charge in [0.15, 0.2) is 11.6 Å². The van der Waals surface area contributed by atoms with Crippen LogP contribution in [-0.4, -0.2) is 19.8 Å². The van der Waals surface area contributed by atoms with E-state index in [0.29, 0.717) is 19.0 Å². The minimum absolute atomic E-state index is 0.305. The van der Waals surface area contributed by atoms with Gasteiger partial charge in [-0.3, -0.25) is 0 Å². The van der Waals surface area contributed by atoms with E-state index in [1.165, 1.54) is 6.07 Å². The van der Waals surface area contributed by atoms with Gasteiger partial charge in [-0.05, 0) is 31.0 Å². The summed E-state index contributed by atoms with van der Waals surface area (Å²) in [5.74, 6) is -0.0155. The fraction of sp³-hybridized carbons (Fsp3) is 0.538. The first-order chi connectivity index (χ1) is 7.74.